The van der Waals surface area contributed by atoms with Crippen LogP contribution in [0.15, 0.2) is 0 Å². The molecular formula is C15H30N2O3S. The van der Waals surface area contributed by atoms with E-state index in [1.54, 1.807) is 4.31 Å². The van der Waals surface area contributed by atoms with Gasteiger partial charge < -0.3 is 5.32 Å². The molecule has 0 aliphatic carbocycles. The minimum absolute atomic E-state index is 0.00130. The first kappa shape index (κ1) is 18.4. The summed E-state index contributed by atoms with van der Waals surface area (Å²) in [6, 6.07) is -0.0510. The Hall–Kier alpha value is -0.620. The molecule has 21 heavy (non-hydrogen) atoms. The first-order valence-corrected chi connectivity index (χ1v) is 9.65. The van der Waals surface area contributed by atoms with Crippen LogP contribution >= 0.6 is 0 Å². The van der Waals surface area contributed by atoms with Gasteiger partial charge in [-0.3, -0.25) is 4.79 Å². The fraction of sp³-hybridized carbons (Fsp3) is 0.933. The smallest absolute Gasteiger partial charge is 0.222 e. The van der Waals surface area contributed by atoms with Gasteiger partial charge in [-0.05, 0) is 25.2 Å². The highest BCUT2D eigenvalue weighted by molar-refractivity contribution is 7.89. The van der Waals surface area contributed by atoms with Crippen molar-refractivity contribution in [3.05, 3.63) is 0 Å². The van der Waals surface area contributed by atoms with E-state index in [1.807, 2.05) is 20.8 Å². The van der Waals surface area contributed by atoms with Gasteiger partial charge in [0.25, 0.3) is 0 Å². The second-order valence-corrected chi connectivity index (χ2v) is 8.55. The number of amides is 1. The average molecular weight is 318 g/mol. The van der Waals surface area contributed by atoms with E-state index in [9.17, 15) is 13.2 Å². The first-order valence-electron chi connectivity index (χ1n) is 8.04. The summed E-state index contributed by atoms with van der Waals surface area (Å²) in [5.41, 5.74) is 0. The standard InChI is InChI=1S/C15H30N2O3S/c1-5-7-13(4)11-21(19,20)17-9-6-8-14(10-17)16-15(18)12(2)3/h12-14H,5-11H2,1-4H3,(H,16,18)/t13-,14-/m1/s1. The van der Waals surface area contributed by atoms with E-state index >= 15 is 0 Å². The summed E-state index contributed by atoms with van der Waals surface area (Å²) in [5, 5.41) is 2.95. The lowest BCUT2D eigenvalue weighted by molar-refractivity contribution is -0.124. The number of nitrogens with zero attached hydrogens (tertiary/aromatic N) is 1. The Morgan fingerprint density at radius 3 is 2.57 bits per heavy atom. The molecule has 5 nitrogen and oxygen atoms in total. The minimum Gasteiger partial charge on any atom is -0.352 e. The maximum Gasteiger partial charge on any atom is 0.222 e. The van der Waals surface area contributed by atoms with Crippen molar-refractivity contribution in [2.24, 2.45) is 11.8 Å². The minimum atomic E-state index is -3.21. The van der Waals surface area contributed by atoms with E-state index in [-0.39, 0.29) is 29.5 Å². The number of hydrogen-bond acceptors (Lipinski definition) is 3. The van der Waals surface area contributed by atoms with Crippen molar-refractivity contribution in [3.63, 3.8) is 0 Å². The lowest BCUT2D eigenvalue weighted by Gasteiger charge is -2.33. The Kier molecular flexibility index (Phi) is 7.13. The summed E-state index contributed by atoms with van der Waals surface area (Å²) in [6.07, 6.45) is 3.60. The number of sulfonamides is 1. The summed E-state index contributed by atoms with van der Waals surface area (Å²) in [6.45, 7) is 8.75. The Balaban J connectivity index is 2.60. The van der Waals surface area contributed by atoms with E-state index in [0.29, 0.717) is 13.1 Å². The van der Waals surface area contributed by atoms with Gasteiger partial charge >= 0.3 is 0 Å². The molecule has 0 spiro atoms. The van der Waals surface area contributed by atoms with E-state index in [1.165, 1.54) is 0 Å². The molecule has 2 atom stereocenters. The van der Waals surface area contributed by atoms with Crippen molar-refractivity contribution < 1.29 is 13.2 Å². The van der Waals surface area contributed by atoms with Crippen LogP contribution in [0.1, 0.15) is 53.4 Å². The third kappa shape index (κ3) is 5.94. The molecule has 0 aromatic rings. The molecule has 0 radical (unpaired) electrons. The molecule has 1 amide bonds. The second-order valence-electron chi connectivity index (χ2n) is 6.53. The molecule has 1 fully saturated rings. The second kappa shape index (κ2) is 8.13. The summed E-state index contributed by atoms with van der Waals surface area (Å²) in [4.78, 5) is 11.8. The number of hydrogen-bond donors (Lipinski definition) is 1. The highest BCUT2D eigenvalue weighted by atomic mass is 32.2. The number of nitrogens with one attached hydrogen (secondary N) is 1. The first-order chi connectivity index (χ1) is 9.76. The molecule has 0 aromatic heterocycles. The third-order valence-electron chi connectivity index (χ3n) is 3.92. The molecule has 1 aliphatic heterocycles. The topological polar surface area (TPSA) is 66.5 Å². The Bertz CT molecular complexity index is 434. The van der Waals surface area contributed by atoms with Gasteiger partial charge in [0, 0.05) is 25.0 Å². The number of rotatable bonds is 7. The molecule has 6 heteroatoms. The van der Waals surface area contributed by atoms with Crippen molar-refractivity contribution in [2.45, 2.75) is 59.4 Å². The lowest BCUT2D eigenvalue weighted by Crippen LogP contribution is -2.51. The monoisotopic (exact) mass is 318 g/mol. The van der Waals surface area contributed by atoms with Gasteiger partial charge in [0.2, 0.25) is 15.9 Å². The number of piperidine rings is 1. The van der Waals surface area contributed by atoms with Crippen LogP contribution in [0.3, 0.4) is 0 Å². The highest BCUT2D eigenvalue weighted by Gasteiger charge is 2.30. The van der Waals surface area contributed by atoms with Gasteiger partial charge in [0.05, 0.1) is 5.75 Å². The summed E-state index contributed by atoms with van der Waals surface area (Å²) in [5.74, 6) is 0.330. The number of carbonyl (C=O) groups excluding carboxylic acids is 1. The van der Waals surface area contributed by atoms with Crippen LogP contribution in [-0.2, 0) is 14.8 Å². The number of carbonyl (C=O) groups is 1. The average Bonchev–Trinajstić information content (AvgIpc) is 2.38. The van der Waals surface area contributed by atoms with Crippen molar-refractivity contribution in [1.29, 1.82) is 0 Å². The zero-order valence-corrected chi connectivity index (χ0v) is 14.6. The van der Waals surface area contributed by atoms with Gasteiger partial charge in [0.1, 0.15) is 0 Å². The molecule has 0 bridgehead atoms. The van der Waals surface area contributed by atoms with Gasteiger partial charge in [-0.15, -0.1) is 0 Å². The summed E-state index contributed by atoms with van der Waals surface area (Å²) >= 11 is 0. The molecule has 124 valence electrons. The Labute approximate surface area is 129 Å². The third-order valence-corrected chi connectivity index (χ3v) is 6.03. The highest BCUT2D eigenvalue weighted by Crippen LogP contribution is 2.18. The molecule has 0 saturated carbocycles. The molecule has 1 N–H and O–H groups in total. The zero-order chi connectivity index (χ0) is 16.0. The molecule has 1 rings (SSSR count). The van der Waals surface area contributed by atoms with Crippen molar-refractivity contribution in [1.82, 2.24) is 9.62 Å². The van der Waals surface area contributed by atoms with Gasteiger partial charge in [-0.25, -0.2) is 8.42 Å². The van der Waals surface area contributed by atoms with Crippen molar-refractivity contribution >= 4 is 15.9 Å². The van der Waals surface area contributed by atoms with E-state index in [0.717, 1.165) is 25.7 Å². The van der Waals surface area contributed by atoms with Crippen LogP contribution in [-0.4, -0.2) is 43.5 Å². The molecular weight excluding hydrogens is 288 g/mol. The van der Waals surface area contributed by atoms with E-state index < -0.39 is 10.0 Å². The van der Waals surface area contributed by atoms with Crippen LogP contribution in [0.2, 0.25) is 0 Å². The van der Waals surface area contributed by atoms with Crippen molar-refractivity contribution in [3.8, 4) is 0 Å². The van der Waals surface area contributed by atoms with Crippen LogP contribution in [0.4, 0.5) is 0 Å². The van der Waals surface area contributed by atoms with Crippen LogP contribution in [0.5, 0.6) is 0 Å². The van der Waals surface area contributed by atoms with Gasteiger partial charge in [-0.2, -0.15) is 4.31 Å². The fourth-order valence-corrected chi connectivity index (χ4v) is 4.63. The van der Waals surface area contributed by atoms with Crippen molar-refractivity contribution in [2.75, 3.05) is 18.8 Å². The predicted octanol–water partition coefficient (Wildman–Crippen LogP) is 1.99. The Morgan fingerprint density at radius 1 is 1.33 bits per heavy atom. The molecule has 1 saturated heterocycles. The maximum atomic E-state index is 12.4. The van der Waals surface area contributed by atoms with E-state index in [4.69, 9.17) is 0 Å². The van der Waals surface area contributed by atoms with Crippen LogP contribution in [0.25, 0.3) is 0 Å². The predicted molar refractivity (Wildman–Crippen MR) is 85.4 cm³/mol. The van der Waals surface area contributed by atoms with Crippen LogP contribution < -0.4 is 5.32 Å². The fourth-order valence-electron chi connectivity index (χ4n) is 2.72. The lowest BCUT2D eigenvalue weighted by atomic mass is 10.1. The van der Waals surface area contributed by atoms with Gasteiger partial charge in [-0.1, -0.05) is 34.1 Å². The summed E-state index contributed by atoms with van der Waals surface area (Å²) < 4.78 is 26.5. The van der Waals surface area contributed by atoms with Gasteiger partial charge in [0.15, 0.2) is 0 Å². The molecule has 0 unspecified atom stereocenters. The van der Waals surface area contributed by atoms with E-state index in [2.05, 4.69) is 12.2 Å². The molecule has 1 aliphatic rings. The SMILES string of the molecule is CCC[C@@H](C)CS(=O)(=O)N1CCC[C@@H](NC(=O)C(C)C)C1. The largest absolute Gasteiger partial charge is 0.352 e. The Morgan fingerprint density at radius 2 is 2.00 bits per heavy atom. The molecule has 1 heterocycles. The quantitative estimate of drug-likeness (QED) is 0.780. The zero-order valence-electron chi connectivity index (χ0n) is 13.8. The normalized spacial score (nSPS) is 22.2. The molecule has 0 aromatic carbocycles. The maximum absolute atomic E-state index is 12.4. The summed E-state index contributed by atoms with van der Waals surface area (Å²) in [7, 11) is -3.21. The van der Waals surface area contributed by atoms with Crippen LogP contribution in [0, 0.1) is 11.8 Å².